The molecule has 1 N–H and O–H groups in total. The second-order valence-electron chi connectivity index (χ2n) is 9.45. The molecule has 38 heavy (non-hydrogen) atoms. The predicted molar refractivity (Wildman–Crippen MR) is 130 cm³/mol. The molecule has 0 spiro atoms. The van der Waals surface area contributed by atoms with E-state index < -0.39 is 36.1 Å². The number of piperazine rings is 1. The summed E-state index contributed by atoms with van der Waals surface area (Å²) in [5, 5.41) is 8.70. The lowest BCUT2D eigenvalue weighted by Gasteiger charge is -2.34. The monoisotopic (exact) mass is 546 g/mol. The number of carbonyl (C=O) groups is 1. The number of rotatable bonds is 12. The Bertz CT molecular complexity index is 1020. The molecule has 2 aromatic carbocycles. The molecule has 210 valence electrons. The Balaban J connectivity index is 1.51. The number of unbranched alkanes of at least 4 members (excludes halogenated alkanes) is 2. The van der Waals surface area contributed by atoms with E-state index in [1.165, 1.54) is 0 Å². The van der Waals surface area contributed by atoms with Crippen molar-refractivity contribution in [1.29, 1.82) is 0 Å². The van der Waals surface area contributed by atoms with Gasteiger partial charge in [0.15, 0.2) is 0 Å². The van der Waals surface area contributed by atoms with Gasteiger partial charge in [0.25, 0.3) is 0 Å². The van der Waals surface area contributed by atoms with Crippen LogP contribution < -0.4 is 4.74 Å². The maximum atomic E-state index is 13.1. The Morgan fingerprint density at radius 2 is 1.39 bits per heavy atom. The van der Waals surface area contributed by atoms with Gasteiger partial charge in [-0.1, -0.05) is 24.6 Å². The molecule has 0 amide bonds. The molecule has 0 unspecified atom stereocenters. The molecular formula is C27H32F6N2O3. The van der Waals surface area contributed by atoms with Gasteiger partial charge in [-0.15, -0.1) is 0 Å². The van der Waals surface area contributed by atoms with Crippen LogP contribution in [0.1, 0.15) is 47.9 Å². The third kappa shape index (κ3) is 9.50. The fourth-order valence-electron chi connectivity index (χ4n) is 4.42. The van der Waals surface area contributed by atoms with Crippen molar-refractivity contribution in [2.24, 2.45) is 0 Å². The quantitative estimate of drug-likeness (QED) is 0.257. The number of halogens is 6. The van der Waals surface area contributed by atoms with Crippen molar-refractivity contribution >= 4 is 5.97 Å². The fourth-order valence-corrected chi connectivity index (χ4v) is 4.42. The van der Waals surface area contributed by atoms with Gasteiger partial charge in [0.1, 0.15) is 12.4 Å². The zero-order valence-corrected chi connectivity index (χ0v) is 21.0. The molecule has 1 aliphatic heterocycles. The Morgan fingerprint density at radius 3 is 1.97 bits per heavy atom. The number of benzene rings is 2. The highest BCUT2D eigenvalue weighted by atomic mass is 19.4. The van der Waals surface area contributed by atoms with Gasteiger partial charge in [0, 0.05) is 39.1 Å². The number of nitrogens with zero attached hydrogens (tertiary/aromatic N) is 2. The normalized spacial score (nSPS) is 15.5. The summed E-state index contributed by atoms with van der Waals surface area (Å²) in [7, 11) is 0. The van der Waals surface area contributed by atoms with E-state index in [1.54, 1.807) is 12.1 Å². The molecule has 3 rings (SSSR count). The molecule has 0 bridgehead atoms. The first-order valence-electron chi connectivity index (χ1n) is 12.6. The van der Waals surface area contributed by atoms with E-state index in [0.29, 0.717) is 30.7 Å². The summed E-state index contributed by atoms with van der Waals surface area (Å²) >= 11 is 0. The zero-order chi connectivity index (χ0) is 27.8. The van der Waals surface area contributed by atoms with E-state index in [1.807, 2.05) is 12.1 Å². The zero-order valence-electron chi connectivity index (χ0n) is 21.0. The Kier molecular flexibility index (Phi) is 10.4. The topological polar surface area (TPSA) is 53.0 Å². The highest BCUT2D eigenvalue weighted by Gasteiger charge is 2.37. The lowest BCUT2D eigenvalue weighted by molar-refractivity contribution is -0.143. The van der Waals surface area contributed by atoms with Crippen molar-refractivity contribution < 1.29 is 41.0 Å². The van der Waals surface area contributed by atoms with Gasteiger partial charge in [0.05, 0.1) is 11.1 Å². The summed E-state index contributed by atoms with van der Waals surface area (Å²) in [6.45, 7) is 4.84. The van der Waals surface area contributed by atoms with Crippen LogP contribution in [0, 0.1) is 0 Å². The second kappa shape index (κ2) is 13.3. The summed E-state index contributed by atoms with van der Waals surface area (Å²) in [4.78, 5) is 15.2. The lowest BCUT2D eigenvalue weighted by Crippen LogP contribution is -2.47. The van der Waals surface area contributed by atoms with E-state index in [-0.39, 0.29) is 18.1 Å². The summed E-state index contributed by atoms with van der Waals surface area (Å²) in [5.41, 5.74) is -2.10. The van der Waals surface area contributed by atoms with E-state index in [0.717, 1.165) is 57.7 Å². The molecule has 1 fully saturated rings. The SMILES string of the molecule is O=C(O)CCCCCN1CCN(CCc2ccccc2OCc2cc(C(F)(F)F)cc(C(F)(F)F)c2)CC1. The van der Waals surface area contributed by atoms with Crippen LogP contribution in [0.2, 0.25) is 0 Å². The number of carboxylic acid groups (broad SMARTS) is 1. The van der Waals surface area contributed by atoms with Gasteiger partial charge in [-0.25, -0.2) is 0 Å². The summed E-state index contributed by atoms with van der Waals surface area (Å²) in [5.74, 6) is -0.338. The van der Waals surface area contributed by atoms with Crippen LogP contribution in [0.3, 0.4) is 0 Å². The van der Waals surface area contributed by atoms with Crippen LogP contribution in [0.25, 0.3) is 0 Å². The predicted octanol–water partition coefficient (Wildman–Crippen LogP) is 6.11. The number of hydrogen-bond donors (Lipinski definition) is 1. The Labute approximate surface area is 218 Å². The van der Waals surface area contributed by atoms with E-state index in [4.69, 9.17) is 9.84 Å². The number of para-hydroxylation sites is 1. The summed E-state index contributed by atoms with van der Waals surface area (Å²) < 4.78 is 84.6. The van der Waals surface area contributed by atoms with Crippen LogP contribution in [-0.4, -0.2) is 60.1 Å². The van der Waals surface area contributed by atoms with Crippen LogP contribution >= 0.6 is 0 Å². The van der Waals surface area contributed by atoms with Gasteiger partial charge in [0.2, 0.25) is 0 Å². The minimum atomic E-state index is -4.90. The van der Waals surface area contributed by atoms with Gasteiger partial charge in [-0.2, -0.15) is 26.3 Å². The second-order valence-corrected chi connectivity index (χ2v) is 9.45. The van der Waals surface area contributed by atoms with Crippen molar-refractivity contribution in [2.75, 3.05) is 39.3 Å². The Hall–Kier alpha value is -2.79. The molecule has 0 aliphatic carbocycles. The molecule has 5 nitrogen and oxygen atoms in total. The molecule has 0 atom stereocenters. The third-order valence-electron chi connectivity index (χ3n) is 6.54. The van der Waals surface area contributed by atoms with Crippen molar-refractivity contribution in [3.8, 4) is 5.75 Å². The van der Waals surface area contributed by atoms with Crippen molar-refractivity contribution in [3.05, 3.63) is 64.7 Å². The first-order chi connectivity index (χ1) is 17.9. The minimum Gasteiger partial charge on any atom is -0.489 e. The van der Waals surface area contributed by atoms with Gasteiger partial charge < -0.3 is 19.6 Å². The maximum Gasteiger partial charge on any atom is 0.416 e. The summed E-state index contributed by atoms with van der Waals surface area (Å²) in [6, 6.07) is 8.51. The molecule has 0 saturated carbocycles. The van der Waals surface area contributed by atoms with E-state index in [9.17, 15) is 31.1 Å². The number of alkyl halides is 6. The first-order valence-corrected chi connectivity index (χ1v) is 12.6. The number of carboxylic acids is 1. The van der Waals surface area contributed by atoms with Crippen molar-refractivity contribution in [1.82, 2.24) is 9.80 Å². The highest BCUT2D eigenvalue weighted by Crippen LogP contribution is 2.36. The molecule has 1 aliphatic rings. The molecule has 1 heterocycles. The molecule has 0 aromatic heterocycles. The van der Waals surface area contributed by atoms with Crippen LogP contribution in [0.4, 0.5) is 26.3 Å². The average molecular weight is 547 g/mol. The molecular weight excluding hydrogens is 514 g/mol. The standard InChI is InChI=1S/C27H32F6N2O3/c28-26(29,30)22-16-20(17-23(18-22)27(31,32)33)19-38-24-7-4-3-6-21(24)9-11-35-14-12-34(13-15-35)10-5-1-2-8-25(36)37/h3-4,6-7,16-18H,1-2,5,8-15,19H2,(H,36,37). The molecule has 2 aromatic rings. The van der Waals surface area contributed by atoms with Gasteiger partial charge >= 0.3 is 18.3 Å². The van der Waals surface area contributed by atoms with Crippen molar-refractivity contribution in [2.45, 2.75) is 51.1 Å². The number of hydrogen-bond acceptors (Lipinski definition) is 4. The van der Waals surface area contributed by atoms with Gasteiger partial charge in [-0.3, -0.25) is 4.79 Å². The number of aliphatic carboxylic acids is 1. The molecule has 11 heteroatoms. The number of ether oxygens (including phenoxy) is 1. The smallest absolute Gasteiger partial charge is 0.416 e. The average Bonchev–Trinajstić information content (AvgIpc) is 2.86. The third-order valence-corrected chi connectivity index (χ3v) is 6.54. The summed E-state index contributed by atoms with van der Waals surface area (Å²) in [6.07, 6.45) is -6.44. The molecule has 0 radical (unpaired) electrons. The highest BCUT2D eigenvalue weighted by molar-refractivity contribution is 5.66. The fraction of sp³-hybridized carbons (Fsp3) is 0.519. The van der Waals surface area contributed by atoms with Crippen LogP contribution in [0.5, 0.6) is 5.75 Å². The molecule has 1 saturated heterocycles. The largest absolute Gasteiger partial charge is 0.489 e. The van der Waals surface area contributed by atoms with Crippen LogP contribution in [0.15, 0.2) is 42.5 Å². The van der Waals surface area contributed by atoms with Crippen molar-refractivity contribution in [3.63, 3.8) is 0 Å². The van der Waals surface area contributed by atoms with E-state index >= 15 is 0 Å². The van der Waals surface area contributed by atoms with Gasteiger partial charge in [-0.05, 0) is 61.2 Å². The van der Waals surface area contributed by atoms with E-state index in [2.05, 4.69) is 9.80 Å². The first kappa shape index (κ1) is 29.8. The lowest BCUT2D eigenvalue weighted by atomic mass is 10.0. The Morgan fingerprint density at radius 1 is 0.816 bits per heavy atom. The maximum absolute atomic E-state index is 13.1. The minimum absolute atomic E-state index is 0.108. The van der Waals surface area contributed by atoms with Crippen LogP contribution in [-0.2, 0) is 30.2 Å².